The van der Waals surface area contributed by atoms with Gasteiger partial charge in [-0.1, -0.05) is 0 Å². The molecule has 0 bridgehead atoms. The van der Waals surface area contributed by atoms with Crippen molar-refractivity contribution < 1.29 is 18.3 Å². The number of nitrogens with zero attached hydrogens (tertiary/aromatic N) is 4. The zero-order valence-electron chi connectivity index (χ0n) is 17.5. The highest BCUT2D eigenvalue weighted by Gasteiger charge is 2.21. The number of fused-ring (bicyclic) bond motifs is 1. The lowest BCUT2D eigenvalue weighted by molar-refractivity contribution is 0.0635. The third-order valence-corrected chi connectivity index (χ3v) is 5.00. The molecule has 3 aromatic rings. The van der Waals surface area contributed by atoms with E-state index in [1.165, 1.54) is 12.8 Å². The van der Waals surface area contributed by atoms with Crippen molar-refractivity contribution in [1.82, 2.24) is 14.6 Å². The van der Waals surface area contributed by atoms with Crippen LogP contribution < -0.4 is 10.2 Å². The van der Waals surface area contributed by atoms with E-state index in [9.17, 15) is 13.6 Å². The summed E-state index contributed by atoms with van der Waals surface area (Å²) in [5.41, 5.74) is 0.108. The van der Waals surface area contributed by atoms with Crippen LogP contribution in [0.25, 0.3) is 5.65 Å². The van der Waals surface area contributed by atoms with Gasteiger partial charge >= 0.3 is 6.09 Å². The van der Waals surface area contributed by atoms with Gasteiger partial charge in [-0.15, -0.1) is 5.10 Å². The minimum Gasteiger partial charge on any atom is -0.444 e. The molecule has 0 atom stereocenters. The summed E-state index contributed by atoms with van der Waals surface area (Å²) in [6.07, 6.45) is 3.69. The van der Waals surface area contributed by atoms with Crippen LogP contribution in [0.1, 0.15) is 33.6 Å². The van der Waals surface area contributed by atoms with E-state index in [2.05, 4.69) is 36.2 Å². The molecule has 10 heteroatoms. The number of aromatic nitrogens is 3. The highest BCUT2D eigenvalue weighted by atomic mass is 79.9. The number of carbonyl (C=O) groups excluding carboxylic acids is 1. The van der Waals surface area contributed by atoms with Gasteiger partial charge < -0.3 is 9.64 Å². The van der Waals surface area contributed by atoms with Gasteiger partial charge in [-0.2, -0.15) is 0 Å². The Labute approximate surface area is 187 Å². The zero-order valence-corrected chi connectivity index (χ0v) is 19.1. The standard InChI is InChI=1S/C15H20BrN5O2.C6H4F2/c1-15(2,3)23-14(22)18-12-11(16)13-17-10(6-9-21(13)19-12)20-7-4-5-8-20;7-5-1-2-6(8)4-3-5/h6,9H,4-5,7-8H2,1-3H3,(H,18,19,22);1-4H. The summed E-state index contributed by atoms with van der Waals surface area (Å²) in [4.78, 5) is 18.8. The monoisotopic (exact) mass is 495 g/mol. The molecular weight excluding hydrogens is 472 g/mol. The molecule has 166 valence electrons. The predicted octanol–water partition coefficient (Wildman–Crippen LogP) is 5.40. The third kappa shape index (κ3) is 6.36. The van der Waals surface area contributed by atoms with E-state index in [1.54, 1.807) is 4.52 Å². The second-order valence-corrected chi connectivity index (χ2v) is 8.77. The van der Waals surface area contributed by atoms with Crippen LogP contribution in [0.4, 0.5) is 25.2 Å². The number of ether oxygens (including phenoxy) is 1. The van der Waals surface area contributed by atoms with Crippen molar-refractivity contribution in [3.8, 4) is 0 Å². The van der Waals surface area contributed by atoms with Crippen LogP contribution in [0, 0.1) is 11.6 Å². The maximum atomic E-state index is 11.9. The molecule has 0 radical (unpaired) electrons. The Kier molecular flexibility index (Phi) is 7.09. The number of nitrogens with one attached hydrogen (secondary N) is 1. The summed E-state index contributed by atoms with van der Waals surface area (Å²) in [5, 5.41) is 6.98. The molecule has 1 aliphatic rings. The first-order valence-corrected chi connectivity index (χ1v) is 10.6. The number of halogens is 3. The van der Waals surface area contributed by atoms with E-state index in [0.717, 1.165) is 43.2 Å². The summed E-state index contributed by atoms with van der Waals surface area (Å²) in [7, 11) is 0. The summed E-state index contributed by atoms with van der Waals surface area (Å²) >= 11 is 3.47. The molecule has 7 nitrogen and oxygen atoms in total. The molecule has 31 heavy (non-hydrogen) atoms. The number of hydrogen-bond acceptors (Lipinski definition) is 5. The molecule has 0 unspecified atom stereocenters. The van der Waals surface area contributed by atoms with Crippen LogP contribution in [-0.2, 0) is 4.74 Å². The average molecular weight is 496 g/mol. The first-order chi connectivity index (χ1) is 14.6. The fourth-order valence-electron chi connectivity index (χ4n) is 2.92. The van der Waals surface area contributed by atoms with Gasteiger partial charge in [0.1, 0.15) is 27.5 Å². The van der Waals surface area contributed by atoms with E-state index < -0.39 is 23.3 Å². The lowest BCUT2D eigenvalue weighted by Crippen LogP contribution is -2.27. The topological polar surface area (TPSA) is 71.8 Å². The molecule has 1 N–H and O–H groups in total. The SMILES string of the molecule is CC(C)(C)OC(=O)Nc1nn2ccc(N3CCCC3)nc2c1Br.Fc1ccc(F)cc1. The summed E-state index contributed by atoms with van der Waals surface area (Å²) in [6.45, 7) is 7.50. The van der Waals surface area contributed by atoms with Gasteiger partial charge in [-0.3, -0.25) is 5.32 Å². The van der Waals surface area contributed by atoms with Crippen LogP contribution in [0.15, 0.2) is 41.0 Å². The molecule has 1 aromatic carbocycles. The summed E-state index contributed by atoms with van der Waals surface area (Å²) in [5.74, 6) is 0.502. The number of amides is 1. The van der Waals surface area contributed by atoms with Gasteiger partial charge in [0.05, 0.1) is 0 Å². The van der Waals surface area contributed by atoms with E-state index in [4.69, 9.17) is 4.74 Å². The second-order valence-electron chi connectivity index (χ2n) is 7.97. The Balaban J connectivity index is 0.000000287. The largest absolute Gasteiger partial charge is 0.444 e. The molecule has 1 saturated heterocycles. The number of carbonyl (C=O) groups is 1. The Morgan fingerprint density at radius 2 is 1.68 bits per heavy atom. The first-order valence-electron chi connectivity index (χ1n) is 9.83. The van der Waals surface area contributed by atoms with E-state index in [1.807, 2.05) is 33.0 Å². The number of hydrogen-bond donors (Lipinski definition) is 1. The number of anilines is 2. The lowest BCUT2D eigenvalue weighted by Gasteiger charge is -2.19. The Morgan fingerprint density at radius 1 is 1.10 bits per heavy atom. The van der Waals surface area contributed by atoms with Crippen LogP contribution in [0.2, 0.25) is 0 Å². The zero-order chi connectivity index (χ0) is 22.6. The average Bonchev–Trinajstić information content (AvgIpc) is 3.32. The molecule has 1 amide bonds. The van der Waals surface area contributed by atoms with Gasteiger partial charge in [0.2, 0.25) is 0 Å². The Bertz CT molecular complexity index is 1020. The fourth-order valence-corrected chi connectivity index (χ4v) is 3.37. The molecule has 0 spiro atoms. The van der Waals surface area contributed by atoms with Crippen molar-refractivity contribution in [2.75, 3.05) is 23.3 Å². The molecule has 1 fully saturated rings. The van der Waals surface area contributed by atoms with Gasteiger partial charge in [-0.25, -0.2) is 23.1 Å². The van der Waals surface area contributed by atoms with Gasteiger partial charge in [-0.05, 0) is 79.9 Å². The first kappa shape index (κ1) is 22.9. The fraction of sp³-hybridized carbons (Fsp3) is 0.381. The van der Waals surface area contributed by atoms with Crippen molar-refractivity contribution in [3.05, 3.63) is 52.6 Å². The van der Waals surface area contributed by atoms with Crippen molar-refractivity contribution in [3.63, 3.8) is 0 Å². The van der Waals surface area contributed by atoms with Crippen molar-refractivity contribution >= 4 is 39.3 Å². The van der Waals surface area contributed by atoms with Gasteiger partial charge in [0.15, 0.2) is 11.5 Å². The normalized spacial score (nSPS) is 13.7. The third-order valence-electron chi connectivity index (χ3n) is 4.27. The maximum absolute atomic E-state index is 11.9. The lowest BCUT2D eigenvalue weighted by atomic mass is 10.2. The van der Waals surface area contributed by atoms with Crippen molar-refractivity contribution in [2.24, 2.45) is 0 Å². The van der Waals surface area contributed by atoms with Crippen LogP contribution in [0.5, 0.6) is 0 Å². The predicted molar refractivity (Wildman–Crippen MR) is 118 cm³/mol. The molecule has 1 aliphatic heterocycles. The van der Waals surface area contributed by atoms with E-state index in [-0.39, 0.29) is 0 Å². The quantitative estimate of drug-likeness (QED) is 0.514. The molecular formula is C21H24BrF2N5O2. The Morgan fingerprint density at radius 3 is 2.23 bits per heavy atom. The summed E-state index contributed by atoms with van der Waals surface area (Å²) in [6, 6.07) is 6.25. The molecule has 3 heterocycles. The molecule has 0 saturated carbocycles. The minimum absolute atomic E-state index is 0.394. The smallest absolute Gasteiger partial charge is 0.413 e. The molecule has 2 aromatic heterocycles. The van der Waals surface area contributed by atoms with E-state index >= 15 is 0 Å². The second kappa shape index (κ2) is 9.59. The van der Waals surface area contributed by atoms with Crippen LogP contribution in [-0.4, -0.2) is 39.4 Å². The Hall–Kier alpha value is -2.75. The minimum atomic E-state index is -0.559. The number of rotatable bonds is 2. The van der Waals surface area contributed by atoms with Gasteiger partial charge in [0.25, 0.3) is 0 Å². The highest BCUT2D eigenvalue weighted by Crippen LogP contribution is 2.28. The van der Waals surface area contributed by atoms with E-state index in [0.29, 0.717) is 15.9 Å². The van der Waals surface area contributed by atoms with Gasteiger partial charge in [0, 0.05) is 19.3 Å². The highest BCUT2D eigenvalue weighted by molar-refractivity contribution is 9.10. The molecule has 4 rings (SSSR count). The summed E-state index contributed by atoms with van der Waals surface area (Å²) < 4.78 is 31.4. The van der Waals surface area contributed by atoms with Crippen molar-refractivity contribution in [1.29, 1.82) is 0 Å². The molecule has 0 aliphatic carbocycles. The van der Waals surface area contributed by atoms with Crippen LogP contribution in [0.3, 0.4) is 0 Å². The number of benzene rings is 1. The van der Waals surface area contributed by atoms with Crippen LogP contribution >= 0.6 is 15.9 Å². The maximum Gasteiger partial charge on any atom is 0.413 e. The van der Waals surface area contributed by atoms with Crippen molar-refractivity contribution in [2.45, 2.75) is 39.2 Å².